The number of hydrogen-bond acceptors (Lipinski definition) is 5. The van der Waals surface area contributed by atoms with Gasteiger partial charge in [0.25, 0.3) is 0 Å². The Balaban J connectivity index is 2.13. The molecule has 2 N–H and O–H groups in total. The first kappa shape index (κ1) is 16.0. The summed E-state index contributed by atoms with van der Waals surface area (Å²) in [7, 11) is 0. The van der Waals surface area contributed by atoms with Crippen molar-refractivity contribution in [3.8, 4) is 0 Å². The van der Waals surface area contributed by atoms with Crippen molar-refractivity contribution in [1.29, 1.82) is 0 Å². The number of benzene rings is 1. The predicted molar refractivity (Wildman–Crippen MR) is 84.7 cm³/mol. The molecule has 0 aliphatic rings. The number of esters is 1. The van der Waals surface area contributed by atoms with E-state index in [4.69, 9.17) is 4.74 Å². The van der Waals surface area contributed by atoms with E-state index in [1.807, 2.05) is 30.3 Å². The second-order valence-electron chi connectivity index (χ2n) is 5.11. The second-order valence-corrected chi connectivity index (χ2v) is 5.11. The van der Waals surface area contributed by atoms with Gasteiger partial charge in [-0.25, -0.2) is 9.78 Å². The Hall–Kier alpha value is -2.40. The molecule has 2 rings (SSSR count). The summed E-state index contributed by atoms with van der Waals surface area (Å²) in [6.07, 6.45) is 1.59. The molecule has 0 aliphatic heterocycles. The van der Waals surface area contributed by atoms with Crippen LogP contribution in [0.25, 0.3) is 0 Å². The van der Waals surface area contributed by atoms with Crippen LogP contribution in [-0.4, -0.2) is 29.2 Å². The molecule has 0 spiro atoms. The molecule has 1 unspecified atom stereocenters. The molecule has 0 saturated heterocycles. The maximum Gasteiger partial charge on any atom is 0.341 e. The van der Waals surface area contributed by atoms with E-state index >= 15 is 0 Å². The Morgan fingerprint density at radius 3 is 2.68 bits per heavy atom. The summed E-state index contributed by atoms with van der Waals surface area (Å²) in [5.74, 6) is -0.0328. The third-order valence-electron chi connectivity index (χ3n) is 3.30. The zero-order valence-corrected chi connectivity index (χ0v) is 12.7. The molecular formula is C17H20N2O3. The molecule has 1 aromatic carbocycles. The van der Waals surface area contributed by atoms with Crippen LogP contribution in [-0.2, 0) is 10.3 Å². The zero-order valence-electron chi connectivity index (χ0n) is 12.7. The molecule has 1 heterocycles. The van der Waals surface area contributed by atoms with Crippen molar-refractivity contribution in [2.45, 2.75) is 19.4 Å². The van der Waals surface area contributed by atoms with Crippen molar-refractivity contribution in [2.24, 2.45) is 0 Å². The maximum absolute atomic E-state index is 11.9. The van der Waals surface area contributed by atoms with Crippen molar-refractivity contribution >= 4 is 11.8 Å². The Morgan fingerprint density at radius 2 is 2.00 bits per heavy atom. The van der Waals surface area contributed by atoms with Gasteiger partial charge in [-0.3, -0.25) is 0 Å². The summed E-state index contributed by atoms with van der Waals surface area (Å²) in [4.78, 5) is 16.1. The fraction of sp³-hybridized carbons (Fsp3) is 0.294. The lowest BCUT2D eigenvalue weighted by Crippen LogP contribution is -2.31. The number of carbonyl (C=O) groups is 1. The number of ether oxygens (including phenoxy) is 1. The number of pyridine rings is 1. The standard InChI is InChI=1S/C17H20N2O3/c1-3-22-16(20)14-10-7-11-18-15(14)19-12-17(2,21)13-8-5-4-6-9-13/h4-11,21H,3,12H2,1-2H3,(H,18,19). The topological polar surface area (TPSA) is 71.5 Å². The molecule has 5 heteroatoms. The third-order valence-corrected chi connectivity index (χ3v) is 3.30. The van der Waals surface area contributed by atoms with Gasteiger partial charge in [-0.1, -0.05) is 30.3 Å². The van der Waals surface area contributed by atoms with Crippen LogP contribution in [0.5, 0.6) is 0 Å². The molecule has 2 aromatic rings. The summed E-state index contributed by atoms with van der Waals surface area (Å²) < 4.78 is 5.00. The van der Waals surface area contributed by atoms with Crippen molar-refractivity contribution in [1.82, 2.24) is 4.98 Å². The minimum atomic E-state index is -1.08. The molecule has 22 heavy (non-hydrogen) atoms. The molecule has 1 aromatic heterocycles. The molecule has 0 bridgehead atoms. The first-order chi connectivity index (χ1) is 10.5. The summed E-state index contributed by atoms with van der Waals surface area (Å²) in [6, 6.07) is 12.7. The van der Waals surface area contributed by atoms with Crippen LogP contribution in [0.4, 0.5) is 5.82 Å². The van der Waals surface area contributed by atoms with E-state index in [1.54, 1.807) is 32.2 Å². The van der Waals surface area contributed by atoms with Crippen molar-refractivity contribution in [3.63, 3.8) is 0 Å². The minimum absolute atomic E-state index is 0.223. The number of anilines is 1. The van der Waals surface area contributed by atoms with Crippen LogP contribution >= 0.6 is 0 Å². The average Bonchev–Trinajstić information content (AvgIpc) is 2.54. The lowest BCUT2D eigenvalue weighted by Gasteiger charge is -2.25. The highest BCUT2D eigenvalue weighted by atomic mass is 16.5. The van der Waals surface area contributed by atoms with Gasteiger partial charge in [-0.2, -0.15) is 0 Å². The number of rotatable bonds is 6. The highest BCUT2D eigenvalue weighted by Crippen LogP contribution is 2.22. The quantitative estimate of drug-likeness (QED) is 0.802. The molecular weight excluding hydrogens is 280 g/mol. The van der Waals surface area contributed by atoms with Gasteiger partial charge >= 0.3 is 5.97 Å². The van der Waals surface area contributed by atoms with Crippen molar-refractivity contribution in [2.75, 3.05) is 18.5 Å². The van der Waals surface area contributed by atoms with Gasteiger partial charge in [-0.15, -0.1) is 0 Å². The molecule has 0 fully saturated rings. The largest absolute Gasteiger partial charge is 0.462 e. The maximum atomic E-state index is 11.9. The fourth-order valence-corrected chi connectivity index (χ4v) is 2.07. The zero-order chi connectivity index (χ0) is 16.0. The van der Waals surface area contributed by atoms with Crippen LogP contribution < -0.4 is 5.32 Å². The smallest absolute Gasteiger partial charge is 0.341 e. The number of aromatic nitrogens is 1. The van der Waals surface area contributed by atoms with E-state index in [-0.39, 0.29) is 6.54 Å². The summed E-state index contributed by atoms with van der Waals surface area (Å²) in [6.45, 7) is 3.99. The molecule has 5 nitrogen and oxygen atoms in total. The first-order valence-corrected chi connectivity index (χ1v) is 7.18. The first-order valence-electron chi connectivity index (χ1n) is 7.18. The Labute approximate surface area is 130 Å². The number of nitrogens with one attached hydrogen (secondary N) is 1. The van der Waals surface area contributed by atoms with Gasteiger partial charge in [0.05, 0.1) is 6.61 Å². The van der Waals surface area contributed by atoms with Gasteiger partial charge in [0.1, 0.15) is 17.0 Å². The molecule has 0 radical (unpaired) electrons. The Bertz CT molecular complexity index is 627. The van der Waals surface area contributed by atoms with Gasteiger partial charge in [0.15, 0.2) is 0 Å². The van der Waals surface area contributed by atoms with E-state index < -0.39 is 11.6 Å². The summed E-state index contributed by atoms with van der Waals surface area (Å²) in [5.41, 5.74) is 0.0642. The minimum Gasteiger partial charge on any atom is -0.462 e. The molecule has 0 aliphatic carbocycles. The molecule has 1 atom stereocenters. The Morgan fingerprint density at radius 1 is 1.27 bits per heavy atom. The predicted octanol–water partition coefficient (Wildman–Crippen LogP) is 2.58. The van der Waals surface area contributed by atoms with E-state index in [2.05, 4.69) is 10.3 Å². The summed E-state index contributed by atoms with van der Waals surface area (Å²) >= 11 is 0. The number of hydrogen-bond donors (Lipinski definition) is 2. The SMILES string of the molecule is CCOC(=O)c1cccnc1NCC(C)(O)c1ccccc1. The fourth-order valence-electron chi connectivity index (χ4n) is 2.07. The highest BCUT2D eigenvalue weighted by Gasteiger charge is 2.24. The van der Waals surface area contributed by atoms with Gasteiger partial charge < -0.3 is 15.2 Å². The highest BCUT2D eigenvalue weighted by molar-refractivity contribution is 5.94. The van der Waals surface area contributed by atoms with Crippen LogP contribution in [0, 0.1) is 0 Å². The van der Waals surface area contributed by atoms with Crippen LogP contribution in [0.15, 0.2) is 48.7 Å². The monoisotopic (exact) mass is 300 g/mol. The lowest BCUT2D eigenvalue weighted by molar-refractivity contribution is 0.0525. The van der Waals surface area contributed by atoms with E-state index in [0.29, 0.717) is 18.0 Å². The van der Waals surface area contributed by atoms with E-state index in [0.717, 1.165) is 5.56 Å². The van der Waals surface area contributed by atoms with E-state index in [9.17, 15) is 9.90 Å². The molecule has 0 amide bonds. The van der Waals surface area contributed by atoms with Gasteiger partial charge in [0.2, 0.25) is 0 Å². The van der Waals surface area contributed by atoms with Gasteiger partial charge in [-0.05, 0) is 31.5 Å². The van der Waals surface area contributed by atoms with Crippen LogP contribution in [0.1, 0.15) is 29.8 Å². The lowest BCUT2D eigenvalue weighted by atomic mass is 9.96. The van der Waals surface area contributed by atoms with Crippen LogP contribution in [0.3, 0.4) is 0 Å². The third kappa shape index (κ3) is 3.83. The van der Waals surface area contributed by atoms with Crippen molar-refractivity contribution < 1.29 is 14.6 Å². The Kier molecular flexibility index (Phi) is 5.12. The second kappa shape index (κ2) is 7.04. The van der Waals surface area contributed by atoms with Gasteiger partial charge in [0, 0.05) is 12.7 Å². The van der Waals surface area contributed by atoms with Crippen LogP contribution in [0.2, 0.25) is 0 Å². The normalized spacial score (nSPS) is 13.2. The summed E-state index contributed by atoms with van der Waals surface area (Å²) in [5, 5.41) is 13.6. The van der Waals surface area contributed by atoms with Crippen molar-refractivity contribution in [3.05, 3.63) is 59.8 Å². The van der Waals surface area contributed by atoms with E-state index in [1.165, 1.54) is 0 Å². The molecule has 116 valence electrons. The number of nitrogens with zero attached hydrogens (tertiary/aromatic N) is 1. The number of aliphatic hydroxyl groups is 1. The molecule has 0 saturated carbocycles. The number of carbonyl (C=O) groups excluding carboxylic acids is 1. The average molecular weight is 300 g/mol.